The molecule has 76 valence electrons. The lowest BCUT2D eigenvalue weighted by Gasteiger charge is -2.08. The van der Waals surface area contributed by atoms with Crippen molar-refractivity contribution in [1.29, 1.82) is 0 Å². The molecule has 0 saturated carbocycles. The third-order valence-electron chi connectivity index (χ3n) is 1.35. The van der Waals surface area contributed by atoms with Crippen LogP contribution in [0.1, 0.15) is 16.1 Å². The van der Waals surface area contributed by atoms with Gasteiger partial charge in [-0.05, 0) is 46.3 Å². The molecule has 1 rings (SSSR count). The number of alkyl halides is 3. The fraction of sp³-hybridized carbons (Fsp3) is 0.143. The van der Waals surface area contributed by atoms with E-state index in [1.165, 1.54) is 0 Å². The number of halogens is 5. The molecule has 0 saturated heterocycles. The van der Waals surface area contributed by atoms with Gasteiger partial charge in [0.25, 0.3) is 5.24 Å². The third kappa shape index (κ3) is 2.57. The molecular formula is C7H2ClF3INO. The summed E-state index contributed by atoms with van der Waals surface area (Å²) in [5.74, 6) is 0. The van der Waals surface area contributed by atoms with Gasteiger partial charge in [0.05, 0.1) is 5.56 Å². The molecule has 0 spiro atoms. The summed E-state index contributed by atoms with van der Waals surface area (Å²) < 4.78 is 37.1. The molecule has 0 aliphatic heterocycles. The molecule has 0 aliphatic carbocycles. The van der Waals surface area contributed by atoms with Crippen LogP contribution in [0, 0.1) is 3.70 Å². The number of carbonyl (C=O) groups is 1. The van der Waals surface area contributed by atoms with Gasteiger partial charge in [0, 0.05) is 0 Å². The molecule has 1 heterocycles. The van der Waals surface area contributed by atoms with E-state index in [9.17, 15) is 18.0 Å². The summed E-state index contributed by atoms with van der Waals surface area (Å²) in [7, 11) is 0. The largest absolute Gasteiger partial charge is 0.418 e. The number of nitrogens with zero attached hydrogens (tertiary/aromatic N) is 1. The van der Waals surface area contributed by atoms with Gasteiger partial charge in [0.15, 0.2) is 0 Å². The van der Waals surface area contributed by atoms with Crippen LogP contribution in [0.3, 0.4) is 0 Å². The van der Waals surface area contributed by atoms with Crippen molar-refractivity contribution in [2.45, 2.75) is 6.18 Å². The Morgan fingerprint density at radius 2 is 2.00 bits per heavy atom. The normalized spacial score (nSPS) is 11.5. The molecule has 0 bridgehead atoms. The van der Waals surface area contributed by atoms with E-state index in [2.05, 4.69) is 4.98 Å². The molecule has 2 nitrogen and oxygen atoms in total. The second-order valence-electron chi connectivity index (χ2n) is 2.30. The fourth-order valence-electron chi connectivity index (χ4n) is 0.814. The Hall–Kier alpha value is -0.370. The average molecular weight is 335 g/mol. The van der Waals surface area contributed by atoms with Crippen LogP contribution >= 0.6 is 34.2 Å². The van der Waals surface area contributed by atoms with Crippen molar-refractivity contribution in [3.05, 3.63) is 27.1 Å². The van der Waals surface area contributed by atoms with Gasteiger partial charge >= 0.3 is 6.18 Å². The molecule has 14 heavy (non-hydrogen) atoms. The summed E-state index contributed by atoms with van der Waals surface area (Å²) in [5, 5.41) is -1.21. The zero-order valence-corrected chi connectivity index (χ0v) is 9.31. The SMILES string of the molecule is O=C(Cl)c1nc(I)ccc1C(F)(F)F. The Morgan fingerprint density at radius 3 is 2.43 bits per heavy atom. The molecule has 0 radical (unpaired) electrons. The van der Waals surface area contributed by atoms with Crippen molar-refractivity contribution < 1.29 is 18.0 Å². The lowest BCUT2D eigenvalue weighted by atomic mass is 10.2. The molecule has 7 heteroatoms. The van der Waals surface area contributed by atoms with Crippen LogP contribution < -0.4 is 0 Å². The van der Waals surface area contributed by atoms with E-state index in [1.807, 2.05) is 0 Å². The summed E-state index contributed by atoms with van der Waals surface area (Å²) in [6.45, 7) is 0. The molecule has 0 fully saturated rings. The molecular weight excluding hydrogens is 333 g/mol. The Balaban J connectivity index is 3.37. The van der Waals surface area contributed by atoms with Crippen molar-refractivity contribution in [2.24, 2.45) is 0 Å². The van der Waals surface area contributed by atoms with Crippen LogP contribution in [0.2, 0.25) is 0 Å². The highest BCUT2D eigenvalue weighted by molar-refractivity contribution is 14.1. The maximum absolute atomic E-state index is 12.3. The van der Waals surface area contributed by atoms with Crippen LogP contribution in [-0.4, -0.2) is 10.2 Å². The Kier molecular flexibility index (Phi) is 3.36. The van der Waals surface area contributed by atoms with Crippen LogP contribution in [0.25, 0.3) is 0 Å². The summed E-state index contributed by atoms with van der Waals surface area (Å²) >= 11 is 6.68. The molecule has 0 unspecified atom stereocenters. The van der Waals surface area contributed by atoms with Crippen LogP contribution in [-0.2, 0) is 6.18 Å². The van der Waals surface area contributed by atoms with E-state index in [-0.39, 0.29) is 3.70 Å². The summed E-state index contributed by atoms with van der Waals surface area (Å²) in [4.78, 5) is 14.1. The third-order valence-corrected chi connectivity index (χ3v) is 2.13. The first kappa shape index (κ1) is 11.7. The van der Waals surface area contributed by atoms with Gasteiger partial charge in [-0.15, -0.1) is 0 Å². The highest BCUT2D eigenvalue weighted by atomic mass is 127. The van der Waals surface area contributed by atoms with Gasteiger partial charge in [-0.3, -0.25) is 4.79 Å². The van der Waals surface area contributed by atoms with Gasteiger partial charge in [-0.1, -0.05) is 0 Å². The van der Waals surface area contributed by atoms with E-state index in [4.69, 9.17) is 11.6 Å². The molecule has 1 aromatic rings. The van der Waals surface area contributed by atoms with E-state index in [0.717, 1.165) is 12.1 Å². The van der Waals surface area contributed by atoms with E-state index in [1.54, 1.807) is 22.6 Å². The smallest absolute Gasteiger partial charge is 0.274 e. The van der Waals surface area contributed by atoms with E-state index in [0.29, 0.717) is 0 Å². The summed E-state index contributed by atoms with van der Waals surface area (Å²) in [5.41, 5.74) is -1.87. The minimum Gasteiger partial charge on any atom is -0.274 e. The number of aromatic nitrogens is 1. The zero-order valence-electron chi connectivity index (χ0n) is 6.40. The van der Waals surface area contributed by atoms with Crippen LogP contribution in [0.5, 0.6) is 0 Å². The average Bonchev–Trinajstić information content (AvgIpc) is 2.01. The van der Waals surface area contributed by atoms with Gasteiger partial charge in [-0.2, -0.15) is 13.2 Å². The van der Waals surface area contributed by atoms with Crippen molar-refractivity contribution >= 4 is 39.4 Å². The monoisotopic (exact) mass is 335 g/mol. The Labute approximate surface area is 95.6 Å². The molecule has 0 aliphatic rings. The van der Waals surface area contributed by atoms with Gasteiger partial charge in [0.1, 0.15) is 9.39 Å². The standard InChI is InChI=1S/C7H2ClF3INO/c8-6(14)5-3(7(9,10)11)1-2-4(12)13-5/h1-2H. The molecule has 0 atom stereocenters. The summed E-state index contributed by atoms with van der Waals surface area (Å²) in [6.07, 6.45) is -4.61. The first-order chi connectivity index (χ1) is 6.32. The number of carbonyl (C=O) groups excluding carboxylic acids is 1. The minimum absolute atomic E-state index is 0.277. The highest BCUT2D eigenvalue weighted by Gasteiger charge is 2.35. The molecule has 0 N–H and O–H groups in total. The molecule has 0 aromatic carbocycles. The van der Waals surface area contributed by atoms with Gasteiger partial charge in [0.2, 0.25) is 0 Å². The topological polar surface area (TPSA) is 30.0 Å². The minimum atomic E-state index is -4.61. The lowest BCUT2D eigenvalue weighted by molar-refractivity contribution is -0.138. The number of hydrogen-bond acceptors (Lipinski definition) is 2. The number of rotatable bonds is 1. The number of hydrogen-bond donors (Lipinski definition) is 0. The maximum Gasteiger partial charge on any atom is 0.418 e. The summed E-state index contributed by atoms with van der Waals surface area (Å²) in [6, 6.07) is 1.94. The van der Waals surface area contributed by atoms with Crippen molar-refractivity contribution in [3.63, 3.8) is 0 Å². The van der Waals surface area contributed by atoms with Gasteiger partial charge in [-0.25, -0.2) is 4.98 Å². The Bertz CT molecular complexity index is 380. The highest BCUT2D eigenvalue weighted by Crippen LogP contribution is 2.32. The Morgan fingerprint density at radius 1 is 1.43 bits per heavy atom. The molecule has 1 aromatic heterocycles. The van der Waals surface area contributed by atoms with E-state index >= 15 is 0 Å². The van der Waals surface area contributed by atoms with Crippen LogP contribution in [0.4, 0.5) is 13.2 Å². The van der Waals surface area contributed by atoms with Crippen molar-refractivity contribution in [3.8, 4) is 0 Å². The first-order valence-corrected chi connectivity index (χ1v) is 4.71. The quantitative estimate of drug-likeness (QED) is 0.448. The predicted molar refractivity (Wildman–Crippen MR) is 52.1 cm³/mol. The lowest BCUT2D eigenvalue weighted by Crippen LogP contribution is -2.13. The van der Waals surface area contributed by atoms with Crippen molar-refractivity contribution in [2.75, 3.05) is 0 Å². The second-order valence-corrected chi connectivity index (χ2v) is 3.75. The molecule has 0 amide bonds. The predicted octanol–water partition coefficient (Wildman–Crippen LogP) is 3.08. The van der Waals surface area contributed by atoms with Crippen LogP contribution in [0.15, 0.2) is 12.1 Å². The van der Waals surface area contributed by atoms with Gasteiger partial charge < -0.3 is 0 Å². The van der Waals surface area contributed by atoms with Crippen molar-refractivity contribution in [1.82, 2.24) is 4.98 Å². The first-order valence-electron chi connectivity index (χ1n) is 3.26. The second kappa shape index (κ2) is 4.01. The zero-order chi connectivity index (χ0) is 10.9. The number of pyridine rings is 1. The fourth-order valence-corrected chi connectivity index (χ4v) is 1.38. The maximum atomic E-state index is 12.3. The van der Waals surface area contributed by atoms with E-state index < -0.39 is 22.7 Å².